The van der Waals surface area contributed by atoms with Crippen LogP contribution in [0.25, 0.3) is 0 Å². The Balaban J connectivity index is 1.65. The second-order valence-corrected chi connectivity index (χ2v) is 5.11. The SMILES string of the molecule is COc1ccc(Cc2nnc(CNC3CC3)o2)cc1OC. The molecule has 0 spiro atoms. The summed E-state index contributed by atoms with van der Waals surface area (Å²) in [5.41, 5.74) is 1.04. The Morgan fingerprint density at radius 3 is 2.62 bits per heavy atom. The van der Waals surface area contributed by atoms with Crippen LogP contribution in [-0.2, 0) is 13.0 Å². The largest absolute Gasteiger partial charge is 0.493 e. The van der Waals surface area contributed by atoms with Crippen molar-refractivity contribution in [3.8, 4) is 11.5 Å². The van der Waals surface area contributed by atoms with Crippen LogP contribution in [0.4, 0.5) is 0 Å². The summed E-state index contributed by atoms with van der Waals surface area (Å²) in [7, 11) is 3.24. The number of benzene rings is 1. The van der Waals surface area contributed by atoms with Crippen molar-refractivity contribution in [1.29, 1.82) is 0 Å². The molecule has 1 aliphatic carbocycles. The molecule has 1 aliphatic rings. The van der Waals surface area contributed by atoms with Gasteiger partial charge in [-0.3, -0.25) is 0 Å². The summed E-state index contributed by atoms with van der Waals surface area (Å²) >= 11 is 0. The molecule has 6 nitrogen and oxygen atoms in total. The van der Waals surface area contributed by atoms with Gasteiger partial charge in [-0.2, -0.15) is 0 Å². The van der Waals surface area contributed by atoms with E-state index in [4.69, 9.17) is 13.9 Å². The minimum atomic E-state index is 0.580. The van der Waals surface area contributed by atoms with Crippen molar-refractivity contribution in [2.45, 2.75) is 31.8 Å². The molecule has 2 aromatic rings. The highest BCUT2D eigenvalue weighted by molar-refractivity contribution is 5.43. The van der Waals surface area contributed by atoms with E-state index in [9.17, 15) is 0 Å². The zero-order valence-corrected chi connectivity index (χ0v) is 12.3. The van der Waals surface area contributed by atoms with Crippen molar-refractivity contribution in [3.05, 3.63) is 35.5 Å². The van der Waals surface area contributed by atoms with Gasteiger partial charge in [-0.15, -0.1) is 10.2 Å². The van der Waals surface area contributed by atoms with Crippen LogP contribution in [0.2, 0.25) is 0 Å². The third-order valence-corrected chi connectivity index (χ3v) is 3.43. The molecule has 0 unspecified atom stereocenters. The van der Waals surface area contributed by atoms with Gasteiger partial charge >= 0.3 is 0 Å². The van der Waals surface area contributed by atoms with E-state index in [-0.39, 0.29) is 0 Å². The molecule has 0 bridgehead atoms. The molecule has 1 aromatic carbocycles. The zero-order valence-electron chi connectivity index (χ0n) is 12.3. The summed E-state index contributed by atoms with van der Waals surface area (Å²) in [6.45, 7) is 0.642. The van der Waals surface area contributed by atoms with Crippen LogP contribution < -0.4 is 14.8 Å². The summed E-state index contributed by atoms with van der Waals surface area (Å²) in [5.74, 6) is 2.65. The molecule has 0 aliphatic heterocycles. The highest BCUT2D eigenvalue weighted by Gasteiger charge is 2.21. The lowest BCUT2D eigenvalue weighted by molar-refractivity contribution is 0.354. The first kappa shape index (κ1) is 13.9. The standard InChI is InChI=1S/C15H19N3O3/c1-19-12-6-3-10(7-13(12)20-2)8-14-17-18-15(21-14)9-16-11-4-5-11/h3,6-7,11,16H,4-5,8-9H2,1-2H3. The lowest BCUT2D eigenvalue weighted by Gasteiger charge is -2.08. The number of ether oxygens (including phenoxy) is 2. The van der Waals surface area contributed by atoms with Gasteiger partial charge < -0.3 is 19.2 Å². The van der Waals surface area contributed by atoms with Crippen LogP contribution in [-0.4, -0.2) is 30.5 Å². The number of nitrogens with zero attached hydrogens (tertiary/aromatic N) is 2. The predicted molar refractivity (Wildman–Crippen MR) is 76.5 cm³/mol. The van der Waals surface area contributed by atoms with Crippen LogP contribution in [0.5, 0.6) is 11.5 Å². The first-order chi connectivity index (χ1) is 10.3. The Morgan fingerprint density at radius 1 is 1.14 bits per heavy atom. The Labute approximate surface area is 123 Å². The Kier molecular flexibility index (Phi) is 4.06. The molecule has 1 fully saturated rings. The fourth-order valence-corrected chi connectivity index (χ4v) is 2.12. The maximum absolute atomic E-state index is 5.64. The second-order valence-electron chi connectivity index (χ2n) is 5.11. The van der Waals surface area contributed by atoms with Crippen LogP contribution in [0, 0.1) is 0 Å². The molecule has 0 radical (unpaired) electrons. The highest BCUT2D eigenvalue weighted by atomic mass is 16.5. The summed E-state index contributed by atoms with van der Waals surface area (Å²) in [4.78, 5) is 0. The number of rotatable bonds is 7. The normalized spacial score (nSPS) is 14.2. The molecule has 1 saturated carbocycles. The molecular formula is C15H19N3O3. The Hall–Kier alpha value is -2.08. The van der Waals surface area contributed by atoms with E-state index >= 15 is 0 Å². The van der Waals surface area contributed by atoms with Crippen molar-refractivity contribution < 1.29 is 13.9 Å². The van der Waals surface area contributed by atoms with E-state index in [1.165, 1.54) is 12.8 Å². The van der Waals surface area contributed by atoms with Gasteiger partial charge in [0.15, 0.2) is 11.5 Å². The van der Waals surface area contributed by atoms with Crippen molar-refractivity contribution in [2.24, 2.45) is 0 Å². The molecule has 3 rings (SSSR count). The quantitative estimate of drug-likeness (QED) is 0.840. The van der Waals surface area contributed by atoms with Gasteiger partial charge in [-0.1, -0.05) is 6.07 Å². The Morgan fingerprint density at radius 2 is 1.90 bits per heavy atom. The number of methoxy groups -OCH3 is 2. The number of hydrogen-bond acceptors (Lipinski definition) is 6. The number of aromatic nitrogens is 2. The molecule has 1 heterocycles. The fourth-order valence-electron chi connectivity index (χ4n) is 2.12. The van der Waals surface area contributed by atoms with Crippen molar-refractivity contribution >= 4 is 0 Å². The average Bonchev–Trinajstić information content (AvgIpc) is 3.24. The zero-order chi connectivity index (χ0) is 14.7. The van der Waals surface area contributed by atoms with Gasteiger partial charge in [0.2, 0.25) is 11.8 Å². The van der Waals surface area contributed by atoms with E-state index in [1.807, 2.05) is 18.2 Å². The van der Waals surface area contributed by atoms with Gasteiger partial charge in [0.1, 0.15) is 0 Å². The Bertz CT molecular complexity index is 608. The van der Waals surface area contributed by atoms with Gasteiger partial charge in [-0.25, -0.2) is 0 Å². The first-order valence-electron chi connectivity index (χ1n) is 7.04. The minimum absolute atomic E-state index is 0.580. The van der Waals surface area contributed by atoms with Gasteiger partial charge in [0, 0.05) is 6.04 Å². The summed E-state index contributed by atoms with van der Waals surface area (Å²) in [5, 5.41) is 11.5. The summed E-state index contributed by atoms with van der Waals surface area (Å²) in [6, 6.07) is 6.39. The molecule has 21 heavy (non-hydrogen) atoms. The lowest BCUT2D eigenvalue weighted by Crippen LogP contribution is -2.15. The summed E-state index contributed by atoms with van der Waals surface area (Å²) < 4.78 is 16.2. The third-order valence-electron chi connectivity index (χ3n) is 3.43. The van der Waals surface area contributed by atoms with Gasteiger partial charge in [-0.05, 0) is 30.5 Å². The smallest absolute Gasteiger partial charge is 0.230 e. The fraction of sp³-hybridized carbons (Fsp3) is 0.467. The van der Waals surface area contributed by atoms with E-state index in [2.05, 4.69) is 15.5 Å². The van der Waals surface area contributed by atoms with Crippen molar-refractivity contribution in [2.75, 3.05) is 14.2 Å². The molecule has 1 N–H and O–H groups in total. The van der Waals surface area contributed by atoms with Gasteiger partial charge in [0.25, 0.3) is 0 Å². The highest BCUT2D eigenvalue weighted by Crippen LogP contribution is 2.28. The molecule has 0 amide bonds. The van der Waals surface area contributed by atoms with Crippen molar-refractivity contribution in [3.63, 3.8) is 0 Å². The maximum atomic E-state index is 5.64. The predicted octanol–water partition coefficient (Wildman–Crippen LogP) is 1.93. The number of nitrogens with one attached hydrogen (secondary N) is 1. The van der Waals surface area contributed by atoms with Gasteiger partial charge in [0.05, 0.1) is 27.2 Å². The second kappa shape index (κ2) is 6.13. The molecule has 112 valence electrons. The minimum Gasteiger partial charge on any atom is -0.493 e. The topological polar surface area (TPSA) is 69.4 Å². The van der Waals surface area contributed by atoms with Crippen molar-refractivity contribution in [1.82, 2.24) is 15.5 Å². The van der Waals surface area contributed by atoms with Crippen LogP contribution >= 0.6 is 0 Å². The van der Waals surface area contributed by atoms with Crippen LogP contribution in [0.15, 0.2) is 22.6 Å². The molecule has 0 atom stereocenters. The molecule has 0 saturated heterocycles. The molecule has 6 heteroatoms. The monoisotopic (exact) mass is 289 g/mol. The van der Waals surface area contributed by atoms with E-state index < -0.39 is 0 Å². The lowest BCUT2D eigenvalue weighted by atomic mass is 10.1. The van der Waals surface area contributed by atoms with Crippen LogP contribution in [0.3, 0.4) is 0 Å². The number of hydrogen-bond donors (Lipinski definition) is 1. The maximum Gasteiger partial charge on any atom is 0.230 e. The van der Waals surface area contributed by atoms with E-state index in [0.717, 1.165) is 5.56 Å². The molecular weight excluding hydrogens is 270 g/mol. The first-order valence-corrected chi connectivity index (χ1v) is 7.04. The summed E-state index contributed by atoms with van der Waals surface area (Å²) in [6.07, 6.45) is 3.07. The van der Waals surface area contributed by atoms with Crippen LogP contribution in [0.1, 0.15) is 30.2 Å². The van der Waals surface area contributed by atoms with E-state index in [1.54, 1.807) is 14.2 Å². The van der Waals surface area contributed by atoms with E-state index in [0.29, 0.717) is 42.3 Å². The average molecular weight is 289 g/mol. The third kappa shape index (κ3) is 3.52. The molecule has 1 aromatic heterocycles.